The van der Waals surface area contributed by atoms with E-state index in [1.165, 1.54) is 0 Å². The summed E-state index contributed by atoms with van der Waals surface area (Å²) in [6, 6.07) is 1.87. The fourth-order valence-corrected chi connectivity index (χ4v) is 2.30. The van der Waals surface area contributed by atoms with Crippen molar-refractivity contribution in [1.82, 2.24) is 0 Å². The Morgan fingerprint density at radius 1 is 1.29 bits per heavy atom. The van der Waals surface area contributed by atoms with Crippen molar-refractivity contribution in [3.63, 3.8) is 0 Å². The average Bonchev–Trinajstić information content (AvgIpc) is 2.06. The molecule has 17 heavy (non-hydrogen) atoms. The highest BCUT2D eigenvalue weighted by Gasteiger charge is 2.33. The SMILES string of the molecule is Nc1c(OC(F)(F)F)cc(Br)cc1S(N)(=O)=O. The molecule has 0 saturated heterocycles. The van der Waals surface area contributed by atoms with Gasteiger partial charge in [-0.2, -0.15) is 0 Å². The number of hydrogen-bond acceptors (Lipinski definition) is 4. The van der Waals surface area contributed by atoms with Gasteiger partial charge < -0.3 is 10.5 Å². The molecule has 0 saturated carbocycles. The van der Waals surface area contributed by atoms with Crippen molar-refractivity contribution >= 4 is 31.6 Å². The summed E-state index contributed by atoms with van der Waals surface area (Å²) >= 11 is 2.82. The van der Waals surface area contributed by atoms with Gasteiger partial charge in [0.15, 0.2) is 5.75 Å². The highest BCUT2D eigenvalue weighted by molar-refractivity contribution is 9.10. The van der Waals surface area contributed by atoms with Gasteiger partial charge in [-0.25, -0.2) is 13.6 Å². The van der Waals surface area contributed by atoms with Crippen LogP contribution in [0.4, 0.5) is 18.9 Å². The van der Waals surface area contributed by atoms with Gasteiger partial charge in [0, 0.05) is 4.47 Å². The maximum absolute atomic E-state index is 12.0. The van der Waals surface area contributed by atoms with E-state index in [4.69, 9.17) is 10.9 Å². The van der Waals surface area contributed by atoms with Crippen LogP contribution in [0.2, 0.25) is 0 Å². The summed E-state index contributed by atoms with van der Waals surface area (Å²) in [6.45, 7) is 0. The lowest BCUT2D eigenvalue weighted by molar-refractivity contribution is -0.274. The molecule has 0 aliphatic heterocycles. The summed E-state index contributed by atoms with van der Waals surface area (Å²) in [5.41, 5.74) is 4.54. The number of anilines is 1. The van der Waals surface area contributed by atoms with E-state index < -0.39 is 32.7 Å². The molecule has 0 atom stereocenters. The number of alkyl halides is 3. The number of nitrogen functional groups attached to an aromatic ring is 1. The Morgan fingerprint density at radius 2 is 1.82 bits per heavy atom. The molecular formula is C7H6BrF3N2O3S. The normalized spacial score (nSPS) is 12.5. The number of rotatable bonds is 2. The molecule has 0 radical (unpaired) electrons. The first-order valence-corrected chi connectivity index (χ1v) is 6.22. The number of benzene rings is 1. The van der Waals surface area contributed by atoms with Crippen LogP contribution in [0.25, 0.3) is 0 Å². The monoisotopic (exact) mass is 334 g/mol. The zero-order valence-electron chi connectivity index (χ0n) is 7.95. The predicted molar refractivity (Wildman–Crippen MR) is 56.6 cm³/mol. The highest BCUT2D eigenvalue weighted by Crippen LogP contribution is 2.35. The zero-order chi connectivity index (χ0) is 13.4. The minimum atomic E-state index is -4.98. The Kier molecular flexibility index (Phi) is 3.60. The first-order chi connectivity index (χ1) is 7.50. The zero-order valence-corrected chi connectivity index (χ0v) is 10.4. The summed E-state index contributed by atoms with van der Waals surface area (Å²) in [4.78, 5) is -0.647. The van der Waals surface area contributed by atoms with Crippen molar-refractivity contribution < 1.29 is 26.3 Å². The lowest BCUT2D eigenvalue weighted by atomic mass is 10.3. The largest absolute Gasteiger partial charge is 0.573 e. The molecule has 0 heterocycles. The number of sulfonamides is 1. The van der Waals surface area contributed by atoms with Gasteiger partial charge in [0.2, 0.25) is 10.0 Å². The van der Waals surface area contributed by atoms with Crippen molar-refractivity contribution in [2.45, 2.75) is 11.3 Å². The Balaban J connectivity index is 3.40. The van der Waals surface area contributed by atoms with E-state index in [0.717, 1.165) is 12.1 Å². The molecule has 1 aromatic carbocycles. The Bertz CT molecular complexity index is 544. The van der Waals surface area contributed by atoms with Crippen LogP contribution in [-0.4, -0.2) is 14.8 Å². The van der Waals surface area contributed by atoms with Gasteiger partial charge in [-0.05, 0) is 12.1 Å². The third-order valence-electron chi connectivity index (χ3n) is 1.60. The van der Waals surface area contributed by atoms with Crippen LogP contribution >= 0.6 is 15.9 Å². The molecule has 5 nitrogen and oxygen atoms in total. The lowest BCUT2D eigenvalue weighted by Crippen LogP contribution is -2.20. The van der Waals surface area contributed by atoms with Gasteiger partial charge in [-0.15, -0.1) is 13.2 Å². The first-order valence-electron chi connectivity index (χ1n) is 3.88. The third kappa shape index (κ3) is 3.75. The Hall–Kier alpha value is -1.00. The quantitative estimate of drug-likeness (QED) is 0.802. The fraction of sp³-hybridized carbons (Fsp3) is 0.143. The molecule has 0 aliphatic carbocycles. The Labute approximate surface area is 103 Å². The van der Waals surface area contributed by atoms with Crippen LogP contribution in [0.5, 0.6) is 5.75 Å². The van der Waals surface area contributed by atoms with Crippen LogP contribution < -0.4 is 15.6 Å². The van der Waals surface area contributed by atoms with Gasteiger partial charge >= 0.3 is 6.36 Å². The first kappa shape index (κ1) is 14.1. The number of primary sulfonamides is 1. The molecule has 0 amide bonds. The molecule has 0 spiro atoms. The van der Waals surface area contributed by atoms with Gasteiger partial charge in [-0.3, -0.25) is 0 Å². The molecule has 4 N–H and O–H groups in total. The van der Waals surface area contributed by atoms with Crippen molar-refractivity contribution in [1.29, 1.82) is 0 Å². The molecule has 0 bridgehead atoms. The fourth-order valence-electron chi connectivity index (χ4n) is 1.01. The topological polar surface area (TPSA) is 95.4 Å². The molecule has 0 unspecified atom stereocenters. The van der Waals surface area contributed by atoms with Crippen LogP contribution in [0, 0.1) is 0 Å². The van der Waals surface area contributed by atoms with Gasteiger partial charge in [0.05, 0.1) is 5.69 Å². The molecular weight excluding hydrogens is 329 g/mol. The van der Waals surface area contributed by atoms with E-state index in [9.17, 15) is 21.6 Å². The second kappa shape index (κ2) is 4.35. The third-order valence-corrected chi connectivity index (χ3v) is 3.01. The lowest BCUT2D eigenvalue weighted by Gasteiger charge is -2.13. The summed E-state index contributed by atoms with van der Waals surface area (Å²) in [7, 11) is -4.24. The maximum atomic E-state index is 12.0. The average molecular weight is 335 g/mol. The van der Waals surface area contributed by atoms with E-state index in [1.54, 1.807) is 0 Å². The van der Waals surface area contributed by atoms with Crippen LogP contribution in [0.3, 0.4) is 0 Å². The van der Waals surface area contributed by atoms with Crippen LogP contribution in [0.1, 0.15) is 0 Å². The molecule has 0 fully saturated rings. The second-order valence-electron chi connectivity index (χ2n) is 2.91. The van der Waals surface area contributed by atoms with E-state index in [1.807, 2.05) is 0 Å². The summed E-state index contributed by atoms with van der Waals surface area (Å²) < 4.78 is 61.8. The van der Waals surface area contributed by atoms with Crippen molar-refractivity contribution in [2.75, 3.05) is 5.73 Å². The summed E-state index contributed by atoms with van der Waals surface area (Å²) in [6.07, 6.45) is -4.98. The number of hydrogen-bond donors (Lipinski definition) is 2. The molecule has 1 rings (SSSR count). The van der Waals surface area contributed by atoms with Crippen molar-refractivity contribution in [3.8, 4) is 5.75 Å². The number of halogens is 4. The van der Waals surface area contributed by atoms with E-state index in [0.29, 0.717) is 0 Å². The van der Waals surface area contributed by atoms with Crippen LogP contribution in [-0.2, 0) is 10.0 Å². The number of nitrogens with two attached hydrogens (primary N) is 2. The second-order valence-corrected chi connectivity index (χ2v) is 5.35. The maximum Gasteiger partial charge on any atom is 0.573 e. The summed E-state index contributed by atoms with van der Waals surface area (Å²) in [5, 5.41) is 4.79. The predicted octanol–water partition coefficient (Wildman–Crippen LogP) is 1.58. The smallest absolute Gasteiger partial charge is 0.403 e. The van der Waals surface area contributed by atoms with Crippen molar-refractivity contribution in [2.24, 2.45) is 5.14 Å². The minimum absolute atomic E-state index is 0.0370. The number of ether oxygens (including phenoxy) is 1. The van der Waals surface area contributed by atoms with Gasteiger partial charge in [0.1, 0.15) is 4.90 Å². The molecule has 10 heteroatoms. The molecule has 96 valence electrons. The molecule has 0 aliphatic rings. The standard InChI is InChI=1S/C7H6BrF3N2O3S/c8-3-1-4(16-7(9,10)11)6(12)5(2-3)17(13,14)15/h1-2H,12H2,(H2,13,14,15). The highest BCUT2D eigenvalue weighted by atomic mass is 79.9. The van der Waals surface area contributed by atoms with Crippen molar-refractivity contribution in [3.05, 3.63) is 16.6 Å². The van der Waals surface area contributed by atoms with Gasteiger partial charge in [0.25, 0.3) is 0 Å². The van der Waals surface area contributed by atoms with E-state index >= 15 is 0 Å². The Morgan fingerprint density at radius 3 is 2.24 bits per heavy atom. The summed E-state index contributed by atoms with van der Waals surface area (Å²) in [5.74, 6) is -0.837. The minimum Gasteiger partial charge on any atom is -0.403 e. The van der Waals surface area contributed by atoms with E-state index in [-0.39, 0.29) is 4.47 Å². The molecule has 0 aromatic heterocycles. The molecule has 1 aromatic rings. The van der Waals surface area contributed by atoms with E-state index in [2.05, 4.69) is 20.7 Å². The van der Waals surface area contributed by atoms with Gasteiger partial charge in [-0.1, -0.05) is 15.9 Å². The van der Waals surface area contributed by atoms with Crippen LogP contribution in [0.15, 0.2) is 21.5 Å².